The third-order valence-corrected chi connectivity index (χ3v) is 3.78. The first-order chi connectivity index (χ1) is 9.47. The number of hydrogen-bond donors (Lipinski definition) is 0. The normalized spacial score (nSPS) is 10.4. The second-order valence-corrected chi connectivity index (χ2v) is 6.00. The fourth-order valence-electron chi connectivity index (χ4n) is 2.29. The zero-order valence-electron chi connectivity index (χ0n) is 12.0. The number of benzene rings is 2. The number of Topliss-reactive ketones (excluding diaryl/α,β-unsaturated/α-hetero) is 1. The predicted octanol–water partition coefficient (Wildman–Crippen LogP) is 4.39. The minimum Gasteiger partial charge on any atom is -0.367 e. The Morgan fingerprint density at radius 1 is 1.15 bits per heavy atom. The number of carbonyl (C=O) groups excluding carboxylic acids is 1. The summed E-state index contributed by atoms with van der Waals surface area (Å²) < 4.78 is 0.928. The minimum absolute atomic E-state index is 0.119. The highest BCUT2D eigenvalue weighted by Crippen LogP contribution is 2.20. The van der Waals surface area contributed by atoms with E-state index in [1.807, 2.05) is 36.2 Å². The topological polar surface area (TPSA) is 20.3 Å². The highest BCUT2D eigenvalue weighted by molar-refractivity contribution is 9.10. The number of ketones is 1. The van der Waals surface area contributed by atoms with Gasteiger partial charge in [0, 0.05) is 22.8 Å². The van der Waals surface area contributed by atoms with Gasteiger partial charge in [-0.3, -0.25) is 4.79 Å². The number of nitrogens with zero attached hydrogens (tertiary/aromatic N) is 1. The maximum atomic E-state index is 12.3. The lowest BCUT2D eigenvalue weighted by molar-refractivity contribution is 0.100. The highest BCUT2D eigenvalue weighted by atomic mass is 79.9. The van der Waals surface area contributed by atoms with Crippen LogP contribution in [-0.2, 0) is 0 Å². The average molecular weight is 332 g/mol. The first-order valence-electron chi connectivity index (χ1n) is 6.54. The lowest BCUT2D eigenvalue weighted by Crippen LogP contribution is -2.26. The van der Waals surface area contributed by atoms with Gasteiger partial charge in [-0.25, -0.2) is 0 Å². The van der Waals surface area contributed by atoms with Crippen LogP contribution in [0.3, 0.4) is 0 Å². The minimum atomic E-state index is 0.119. The van der Waals surface area contributed by atoms with Crippen molar-refractivity contribution < 1.29 is 4.79 Å². The summed E-state index contributed by atoms with van der Waals surface area (Å²) >= 11 is 3.40. The molecule has 0 radical (unpaired) electrons. The molecule has 0 unspecified atom stereocenters. The summed E-state index contributed by atoms with van der Waals surface area (Å²) in [5.74, 6) is 0.119. The molecule has 0 atom stereocenters. The number of halogens is 1. The molecule has 0 saturated carbocycles. The molecule has 2 aromatic carbocycles. The van der Waals surface area contributed by atoms with Crippen LogP contribution in [-0.4, -0.2) is 19.4 Å². The average Bonchev–Trinajstić information content (AvgIpc) is 2.38. The van der Waals surface area contributed by atoms with Crippen LogP contribution in [0.25, 0.3) is 0 Å². The van der Waals surface area contributed by atoms with E-state index in [0.29, 0.717) is 6.54 Å². The molecule has 0 spiro atoms. The standard InChI is InChI=1S/C17H18BrNO/c1-12-7-8-16(13(2)9-12)19(3)11-17(20)14-5-4-6-15(18)10-14/h4-10H,11H2,1-3H3. The molecule has 2 aromatic rings. The van der Waals surface area contributed by atoms with Crippen LogP contribution in [0.15, 0.2) is 46.9 Å². The molecule has 2 nitrogen and oxygen atoms in total. The molecule has 0 aromatic heterocycles. The predicted molar refractivity (Wildman–Crippen MR) is 87.7 cm³/mol. The van der Waals surface area contributed by atoms with Crippen molar-refractivity contribution in [3.8, 4) is 0 Å². The van der Waals surface area contributed by atoms with Gasteiger partial charge in [-0.2, -0.15) is 0 Å². The Morgan fingerprint density at radius 3 is 2.55 bits per heavy atom. The first-order valence-corrected chi connectivity index (χ1v) is 7.34. The fraction of sp³-hybridized carbons (Fsp3) is 0.235. The molecular formula is C17H18BrNO. The van der Waals surface area contributed by atoms with Crippen molar-refractivity contribution in [3.05, 3.63) is 63.6 Å². The van der Waals surface area contributed by atoms with E-state index < -0.39 is 0 Å². The molecule has 0 aliphatic heterocycles. The van der Waals surface area contributed by atoms with Crippen molar-refractivity contribution >= 4 is 27.4 Å². The summed E-state index contributed by atoms with van der Waals surface area (Å²) in [5, 5.41) is 0. The summed E-state index contributed by atoms with van der Waals surface area (Å²) in [7, 11) is 1.95. The van der Waals surface area contributed by atoms with Gasteiger partial charge in [-0.1, -0.05) is 45.8 Å². The molecule has 0 bridgehead atoms. The SMILES string of the molecule is Cc1ccc(N(C)CC(=O)c2cccc(Br)c2)c(C)c1. The van der Waals surface area contributed by atoms with E-state index in [-0.39, 0.29) is 5.78 Å². The third kappa shape index (κ3) is 3.48. The molecule has 0 amide bonds. The molecule has 0 aliphatic carbocycles. The number of anilines is 1. The van der Waals surface area contributed by atoms with Crippen molar-refractivity contribution in [3.63, 3.8) is 0 Å². The maximum absolute atomic E-state index is 12.3. The van der Waals surface area contributed by atoms with Gasteiger partial charge < -0.3 is 4.90 Å². The summed E-state index contributed by atoms with van der Waals surface area (Å²) in [4.78, 5) is 14.3. The van der Waals surface area contributed by atoms with Gasteiger partial charge in [0.25, 0.3) is 0 Å². The lowest BCUT2D eigenvalue weighted by atomic mass is 10.1. The summed E-state index contributed by atoms with van der Waals surface area (Å²) in [6.07, 6.45) is 0. The maximum Gasteiger partial charge on any atom is 0.182 e. The van der Waals surface area contributed by atoms with Crippen LogP contribution in [0.5, 0.6) is 0 Å². The molecule has 0 aliphatic rings. The molecular weight excluding hydrogens is 314 g/mol. The van der Waals surface area contributed by atoms with Crippen LogP contribution in [0.1, 0.15) is 21.5 Å². The quantitative estimate of drug-likeness (QED) is 0.774. The van der Waals surface area contributed by atoms with Crippen LogP contribution in [0.2, 0.25) is 0 Å². The van der Waals surface area contributed by atoms with Crippen molar-refractivity contribution in [2.75, 3.05) is 18.5 Å². The Hall–Kier alpha value is -1.61. The summed E-state index contributed by atoms with van der Waals surface area (Å²) in [6, 6.07) is 13.8. The highest BCUT2D eigenvalue weighted by Gasteiger charge is 2.11. The van der Waals surface area contributed by atoms with Crippen molar-refractivity contribution in [1.82, 2.24) is 0 Å². The Labute approximate surface area is 128 Å². The number of rotatable bonds is 4. The lowest BCUT2D eigenvalue weighted by Gasteiger charge is -2.21. The first kappa shape index (κ1) is 14.8. The van der Waals surface area contributed by atoms with Gasteiger partial charge in [-0.05, 0) is 37.6 Å². The molecule has 0 saturated heterocycles. The summed E-state index contributed by atoms with van der Waals surface area (Å²) in [5.41, 5.74) is 4.25. The Morgan fingerprint density at radius 2 is 1.90 bits per heavy atom. The van der Waals surface area contributed by atoms with E-state index in [9.17, 15) is 4.79 Å². The Kier molecular flexibility index (Phi) is 4.61. The van der Waals surface area contributed by atoms with Gasteiger partial charge in [0.15, 0.2) is 5.78 Å². The number of likely N-dealkylation sites (N-methyl/N-ethyl adjacent to an activating group) is 1. The van der Waals surface area contributed by atoms with E-state index in [0.717, 1.165) is 15.7 Å². The smallest absolute Gasteiger partial charge is 0.182 e. The van der Waals surface area contributed by atoms with Crippen molar-refractivity contribution in [2.24, 2.45) is 0 Å². The molecule has 3 heteroatoms. The van der Waals surface area contributed by atoms with Crippen LogP contribution in [0, 0.1) is 13.8 Å². The van der Waals surface area contributed by atoms with Crippen molar-refractivity contribution in [2.45, 2.75) is 13.8 Å². The molecule has 2 rings (SSSR count). The van der Waals surface area contributed by atoms with Gasteiger partial charge in [0.2, 0.25) is 0 Å². The van der Waals surface area contributed by atoms with Gasteiger partial charge in [0.05, 0.1) is 6.54 Å². The van der Waals surface area contributed by atoms with Gasteiger partial charge in [-0.15, -0.1) is 0 Å². The molecule has 0 heterocycles. The van der Waals surface area contributed by atoms with E-state index in [1.165, 1.54) is 11.1 Å². The zero-order chi connectivity index (χ0) is 14.7. The fourth-order valence-corrected chi connectivity index (χ4v) is 2.69. The third-order valence-electron chi connectivity index (χ3n) is 3.29. The second kappa shape index (κ2) is 6.23. The molecule has 104 valence electrons. The van der Waals surface area contributed by atoms with E-state index >= 15 is 0 Å². The van der Waals surface area contributed by atoms with Gasteiger partial charge in [0.1, 0.15) is 0 Å². The van der Waals surface area contributed by atoms with E-state index in [4.69, 9.17) is 0 Å². The van der Waals surface area contributed by atoms with Crippen LogP contribution >= 0.6 is 15.9 Å². The number of hydrogen-bond acceptors (Lipinski definition) is 2. The largest absolute Gasteiger partial charge is 0.367 e. The molecule has 20 heavy (non-hydrogen) atoms. The number of carbonyl (C=O) groups is 1. The second-order valence-electron chi connectivity index (χ2n) is 5.08. The zero-order valence-corrected chi connectivity index (χ0v) is 13.6. The van der Waals surface area contributed by atoms with Crippen LogP contribution < -0.4 is 4.90 Å². The summed E-state index contributed by atoms with van der Waals surface area (Å²) in [6.45, 7) is 4.52. The van der Waals surface area contributed by atoms with Gasteiger partial charge >= 0.3 is 0 Å². The molecule has 0 N–H and O–H groups in total. The molecule has 0 fully saturated rings. The van der Waals surface area contributed by atoms with E-state index in [2.05, 4.69) is 48.0 Å². The Bertz CT molecular complexity index is 637. The monoisotopic (exact) mass is 331 g/mol. The Balaban J connectivity index is 2.15. The van der Waals surface area contributed by atoms with Crippen LogP contribution in [0.4, 0.5) is 5.69 Å². The van der Waals surface area contributed by atoms with E-state index in [1.54, 1.807) is 0 Å². The van der Waals surface area contributed by atoms with Crippen molar-refractivity contribution in [1.29, 1.82) is 0 Å². The number of aryl methyl sites for hydroxylation is 2.